The van der Waals surface area contributed by atoms with Crippen LogP contribution in [0.1, 0.15) is 11.4 Å². The van der Waals surface area contributed by atoms with Gasteiger partial charge in [-0.1, -0.05) is 30.3 Å². The van der Waals surface area contributed by atoms with E-state index in [2.05, 4.69) is 9.97 Å². The quantitative estimate of drug-likeness (QED) is 0.756. The molecule has 24 heavy (non-hydrogen) atoms. The van der Waals surface area contributed by atoms with Gasteiger partial charge < -0.3 is 4.98 Å². The van der Waals surface area contributed by atoms with Crippen molar-refractivity contribution in [2.24, 2.45) is 0 Å². The zero-order chi connectivity index (χ0) is 17.2. The van der Waals surface area contributed by atoms with Gasteiger partial charge in [0, 0.05) is 12.5 Å². The average Bonchev–Trinajstić information content (AvgIpc) is 3.03. The summed E-state index contributed by atoms with van der Waals surface area (Å²) in [5.41, 5.74) is 1.11. The van der Waals surface area contributed by atoms with Crippen LogP contribution in [-0.4, -0.2) is 29.7 Å². The normalized spacial score (nSPS) is 12.4. The van der Waals surface area contributed by atoms with Crippen molar-refractivity contribution in [2.75, 3.05) is 7.05 Å². The molecule has 124 valence electrons. The third kappa shape index (κ3) is 3.61. The molecule has 2 heterocycles. The van der Waals surface area contributed by atoms with Gasteiger partial charge in [0.25, 0.3) is 5.56 Å². The van der Waals surface area contributed by atoms with Crippen LogP contribution in [0, 0.1) is 0 Å². The van der Waals surface area contributed by atoms with Crippen molar-refractivity contribution in [1.29, 1.82) is 0 Å². The first-order chi connectivity index (χ1) is 11.5. The summed E-state index contributed by atoms with van der Waals surface area (Å²) in [4.78, 5) is 18.9. The van der Waals surface area contributed by atoms with Crippen LogP contribution >= 0.6 is 11.3 Å². The molecule has 0 aliphatic heterocycles. The summed E-state index contributed by atoms with van der Waals surface area (Å²) in [5.74, 6) is 0.310. The SMILES string of the molecule is CN(Cc1nc2ccsc2c(=O)[nH]1)S(=O)(=O)/C=C/c1ccccc1. The van der Waals surface area contributed by atoms with E-state index in [0.717, 1.165) is 15.3 Å². The Morgan fingerprint density at radius 3 is 2.75 bits per heavy atom. The van der Waals surface area contributed by atoms with Gasteiger partial charge >= 0.3 is 0 Å². The molecule has 0 aliphatic carbocycles. The maximum absolute atomic E-state index is 12.3. The van der Waals surface area contributed by atoms with Crippen molar-refractivity contribution in [3.63, 3.8) is 0 Å². The van der Waals surface area contributed by atoms with Crippen LogP contribution < -0.4 is 5.56 Å². The number of hydrogen-bond acceptors (Lipinski definition) is 5. The number of H-pyrrole nitrogens is 1. The van der Waals surface area contributed by atoms with Crippen LogP contribution in [0.4, 0.5) is 0 Å². The van der Waals surface area contributed by atoms with Crippen molar-refractivity contribution >= 4 is 37.7 Å². The fourth-order valence-corrected chi connectivity index (χ4v) is 3.69. The van der Waals surface area contributed by atoms with Crippen molar-refractivity contribution in [2.45, 2.75) is 6.54 Å². The molecule has 3 aromatic rings. The van der Waals surface area contributed by atoms with Crippen molar-refractivity contribution < 1.29 is 8.42 Å². The van der Waals surface area contributed by atoms with E-state index in [9.17, 15) is 13.2 Å². The van der Waals surface area contributed by atoms with Gasteiger partial charge in [0.05, 0.1) is 12.1 Å². The standard InChI is InChI=1S/C16H15N3O3S2/c1-19(24(21,22)10-8-12-5-3-2-4-6-12)11-14-17-13-7-9-23-15(13)16(20)18-14/h2-10H,11H2,1H3,(H,17,18,20)/b10-8+. The summed E-state index contributed by atoms with van der Waals surface area (Å²) in [7, 11) is -2.17. The van der Waals surface area contributed by atoms with Crippen molar-refractivity contribution in [1.82, 2.24) is 14.3 Å². The highest BCUT2D eigenvalue weighted by Gasteiger charge is 2.16. The zero-order valence-corrected chi connectivity index (χ0v) is 14.5. The molecule has 0 fully saturated rings. The Bertz CT molecular complexity index is 1040. The van der Waals surface area contributed by atoms with Crippen LogP contribution in [0.25, 0.3) is 16.3 Å². The molecule has 1 aromatic carbocycles. The number of fused-ring (bicyclic) bond motifs is 1. The predicted molar refractivity (Wildman–Crippen MR) is 96.1 cm³/mol. The first kappa shape index (κ1) is 16.6. The van der Waals surface area contributed by atoms with E-state index in [4.69, 9.17) is 0 Å². The molecule has 0 atom stereocenters. The lowest BCUT2D eigenvalue weighted by atomic mass is 10.2. The molecule has 0 bridgehead atoms. The van der Waals surface area contributed by atoms with E-state index < -0.39 is 10.0 Å². The molecule has 0 spiro atoms. The first-order valence-corrected chi connectivity index (χ1v) is 9.50. The lowest BCUT2D eigenvalue weighted by Crippen LogP contribution is -2.26. The number of sulfonamides is 1. The predicted octanol–water partition coefficient (Wildman–Crippen LogP) is 2.42. The second-order valence-corrected chi connectivity index (χ2v) is 8.00. The summed E-state index contributed by atoms with van der Waals surface area (Å²) in [6.07, 6.45) is 1.53. The molecular formula is C16H15N3O3S2. The molecule has 0 saturated carbocycles. The Morgan fingerprint density at radius 1 is 1.25 bits per heavy atom. The summed E-state index contributed by atoms with van der Waals surface area (Å²) in [5, 5.41) is 2.92. The van der Waals surface area contributed by atoms with Crippen LogP contribution in [0.15, 0.2) is 52.0 Å². The lowest BCUT2D eigenvalue weighted by molar-refractivity contribution is 0.465. The molecule has 0 radical (unpaired) electrons. The number of aromatic amines is 1. The molecule has 3 rings (SSSR count). The summed E-state index contributed by atoms with van der Waals surface area (Å²) < 4.78 is 26.3. The van der Waals surface area contributed by atoms with Gasteiger partial charge in [0.1, 0.15) is 10.5 Å². The minimum atomic E-state index is -3.62. The molecular weight excluding hydrogens is 346 g/mol. The molecule has 2 aromatic heterocycles. The molecule has 0 saturated heterocycles. The Hall–Kier alpha value is -2.29. The summed E-state index contributed by atoms with van der Waals surface area (Å²) >= 11 is 1.30. The number of nitrogens with zero attached hydrogens (tertiary/aromatic N) is 2. The van der Waals surface area contributed by atoms with Gasteiger partial charge in [-0.2, -0.15) is 4.31 Å². The van der Waals surface area contributed by atoms with Crippen LogP contribution in [0.2, 0.25) is 0 Å². The van der Waals surface area contributed by atoms with E-state index in [-0.39, 0.29) is 12.1 Å². The number of rotatable bonds is 5. The van der Waals surface area contributed by atoms with Gasteiger partial charge in [0.2, 0.25) is 10.0 Å². The van der Waals surface area contributed by atoms with Gasteiger partial charge in [-0.25, -0.2) is 13.4 Å². The lowest BCUT2D eigenvalue weighted by Gasteiger charge is -2.13. The first-order valence-electron chi connectivity index (χ1n) is 7.11. The van der Waals surface area contributed by atoms with Crippen LogP contribution in [-0.2, 0) is 16.6 Å². The highest BCUT2D eigenvalue weighted by atomic mass is 32.2. The summed E-state index contributed by atoms with van der Waals surface area (Å²) in [6.45, 7) is -0.0114. The second kappa shape index (κ2) is 6.68. The highest BCUT2D eigenvalue weighted by molar-refractivity contribution is 7.92. The smallest absolute Gasteiger partial charge is 0.268 e. The fraction of sp³-hybridized carbons (Fsp3) is 0.125. The van der Waals surface area contributed by atoms with Gasteiger partial charge in [-0.3, -0.25) is 4.79 Å². The Labute approximate surface area is 143 Å². The number of nitrogens with one attached hydrogen (secondary N) is 1. The topological polar surface area (TPSA) is 83.1 Å². The van der Waals surface area contributed by atoms with Crippen LogP contribution in [0.3, 0.4) is 0 Å². The number of aromatic nitrogens is 2. The molecule has 1 N–H and O–H groups in total. The highest BCUT2D eigenvalue weighted by Crippen LogP contribution is 2.15. The van der Waals surface area contributed by atoms with Gasteiger partial charge in [-0.05, 0) is 23.1 Å². The third-order valence-electron chi connectivity index (χ3n) is 3.40. The fourth-order valence-electron chi connectivity index (χ4n) is 2.13. The van der Waals surface area contributed by atoms with Crippen molar-refractivity contribution in [3.05, 3.63) is 68.9 Å². The molecule has 0 amide bonds. The Morgan fingerprint density at radius 2 is 2.00 bits per heavy atom. The minimum Gasteiger partial charge on any atom is -0.308 e. The maximum Gasteiger partial charge on any atom is 0.268 e. The van der Waals surface area contributed by atoms with E-state index in [1.165, 1.54) is 24.5 Å². The van der Waals surface area contributed by atoms with Crippen molar-refractivity contribution in [3.8, 4) is 0 Å². The maximum atomic E-state index is 12.3. The minimum absolute atomic E-state index is 0.0114. The molecule has 6 nitrogen and oxygen atoms in total. The van der Waals surface area contributed by atoms with Gasteiger partial charge in [0.15, 0.2) is 0 Å². The molecule has 0 aliphatic rings. The molecule has 0 unspecified atom stereocenters. The zero-order valence-electron chi connectivity index (χ0n) is 12.8. The van der Waals surface area contributed by atoms with Crippen LogP contribution in [0.5, 0.6) is 0 Å². The second-order valence-electron chi connectivity index (χ2n) is 5.16. The van der Waals surface area contributed by atoms with E-state index in [1.807, 2.05) is 30.3 Å². The monoisotopic (exact) mass is 361 g/mol. The number of thiophene rings is 1. The largest absolute Gasteiger partial charge is 0.308 e. The van der Waals surface area contributed by atoms with E-state index in [0.29, 0.717) is 16.0 Å². The third-order valence-corrected chi connectivity index (χ3v) is 5.78. The van der Waals surface area contributed by atoms with Gasteiger partial charge in [-0.15, -0.1) is 11.3 Å². The Kier molecular flexibility index (Phi) is 4.61. The van der Waals surface area contributed by atoms with E-state index in [1.54, 1.807) is 11.4 Å². The molecule has 8 heteroatoms. The van der Waals surface area contributed by atoms with E-state index >= 15 is 0 Å². The summed E-state index contributed by atoms with van der Waals surface area (Å²) in [6, 6.07) is 10.9. The average molecular weight is 361 g/mol. The number of hydrogen-bond donors (Lipinski definition) is 1. The Balaban J connectivity index is 1.80. The number of benzene rings is 1.